The van der Waals surface area contributed by atoms with Crippen molar-refractivity contribution in [3.8, 4) is 5.75 Å². The molecule has 6 nitrogen and oxygen atoms in total. The highest BCUT2D eigenvalue weighted by atomic mass is 35.5. The van der Waals surface area contributed by atoms with Crippen molar-refractivity contribution in [1.29, 1.82) is 0 Å². The van der Waals surface area contributed by atoms with Gasteiger partial charge in [-0.25, -0.2) is 9.18 Å². The summed E-state index contributed by atoms with van der Waals surface area (Å²) >= 11 is 6.34. The van der Waals surface area contributed by atoms with Gasteiger partial charge in [0.05, 0.1) is 7.11 Å². The van der Waals surface area contributed by atoms with Crippen LogP contribution in [-0.2, 0) is 16.0 Å². The fourth-order valence-electron chi connectivity index (χ4n) is 2.67. The number of hydrogen-bond donors (Lipinski definition) is 2. The smallest absolute Gasteiger partial charge is 0.328 e. The first-order valence-corrected chi connectivity index (χ1v) is 8.25. The Bertz CT molecular complexity index is 966. The third kappa shape index (κ3) is 3.98. The van der Waals surface area contributed by atoms with Gasteiger partial charge in [-0.1, -0.05) is 29.8 Å². The highest BCUT2D eigenvalue weighted by Crippen LogP contribution is 2.32. The number of benzene rings is 2. The summed E-state index contributed by atoms with van der Waals surface area (Å²) in [6.45, 7) is 0. The van der Waals surface area contributed by atoms with Crippen molar-refractivity contribution >= 4 is 35.5 Å². The molecule has 0 spiro atoms. The molecule has 4 amide bonds. The van der Waals surface area contributed by atoms with E-state index < -0.39 is 17.8 Å². The van der Waals surface area contributed by atoms with Gasteiger partial charge in [0, 0.05) is 17.0 Å². The zero-order chi connectivity index (χ0) is 19.6. The van der Waals surface area contributed by atoms with Gasteiger partial charge in [-0.05, 0) is 35.4 Å². The van der Waals surface area contributed by atoms with Crippen molar-refractivity contribution in [2.75, 3.05) is 7.11 Å². The molecule has 0 unspecified atom stereocenters. The molecule has 1 saturated heterocycles. The molecule has 0 bridgehead atoms. The molecule has 0 radical (unpaired) electrons. The molecule has 2 aromatic carbocycles. The fraction of sp³-hybridized carbons (Fsp3) is 0.105. The van der Waals surface area contributed by atoms with E-state index in [1.807, 2.05) is 10.6 Å². The average Bonchev–Trinajstić information content (AvgIpc) is 2.61. The van der Waals surface area contributed by atoms with Crippen LogP contribution in [0, 0.1) is 5.82 Å². The highest BCUT2D eigenvalue weighted by Gasteiger charge is 2.27. The first-order valence-electron chi connectivity index (χ1n) is 7.87. The topological polar surface area (TPSA) is 84.5 Å². The van der Waals surface area contributed by atoms with E-state index in [4.69, 9.17) is 16.3 Å². The lowest BCUT2D eigenvalue weighted by molar-refractivity contribution is -0.123. The van der Waals surface area contributed by atoms with Gasteiger partial charge in [-0.3, -0.25) is 20.2 Å². The Morgan fingerprint density at radius 3 is 2.41 bits per heavy atom. The number of rotatable bonds is 4. The average molecular weight is 389 g/mol. The van der Waals surface area contributed by atoms with Crippen LogP contribution in [0.5, 0.6) is 5.75 Å². The van der Waals surface area contributed by atoms with Gasteiger partial charge in [-0.2, -0.15) is 0 Å². The SMILES string of the molecule is COc1cc(C=C2C(=O)NC(=O)NC2=O)cc(Cl)c1Cc1ccccc1F. The third-order valence-electron chi connectivity index (χ3n) is 3.98. The summed E-state index contributed by atoms with van der Waals surface area (Å²) in [6, 6.07) is 8.55. The molecule has 1 fully saturated rings. The maximum absolute atomic E-state index is 13.9. The van der Waals surface area contributed by atoms with Crippen LogP contribution in [0.2, 0.25) is 5.02 Å². The number of barbiturate groups is 1. The van der Waals surface area contributed by atoms with Gasteiger partial charge in [0.25, 0.3) is 11.8 Å². The first-order chi connectivity index (χ1) is 12.9. The van der Waals surface area contributed by atoms with Crippen LogP contribution < -0.4 is 15.4 Å². The van der Waals surface area contributed by atoms with Crippen LogP contribution in [0.15, 0.2) is 42.0 Å². The van der Waals surface area contributed by atoms with Crippen molar-refractivity contribution in [2.45, 2.75) is 6.42 Å². The highest BCUT2D eigenvalue weighted by molar-refractivity contribution is 6.32. The van der Waals surface area contributed by atoms with Crippen LogP contribution in [0.3, 0.4) is 0 Å². The van der Waals surface area contributed by atoms with Gasteiger partial charge < -0.3 is 4.74 Å². The van der Waals surface area contributed by atoms with Gasteiger partial charge in [0.15, 0.2) is 0 Å². The molecular weight excluding hydrogens is 375 g/mol. The Balaban J connectivity index is 1.98. The Morgan fingerprint density at radius 1 is 1.11 bits per heavy atom. The lowest BCUT2D eigenvalue weighted by Gasteiger charge is -2.15. The summed E-state index contributed by atoms with van der Waals surface area (Å²) in [6.07, 6.45) is 1.50. The number of imide groups is 2. The number of ether oxygens (including phenoxy) is 1. The second kappa shape index (κ2) is 7.59. The summed E-state index contributed by atoms with van der Waals surface area (Å²) in [5.41, 5.74) is 1.20. The number of amides is 4. The minimum Gasteiger partial charge on any atom is -0.496 e. The molecule has 8 heteroatoms. The Morgan fingerprint density at radius 2 is 1.78 bits per heavy atom. The van der Waals surface area contributed by atoms with E-state index in [1.54, 1.807) is 24.3 Å². The van der Waals surface area contributed by atoms with E-state index in [9.17, 15) is 18.8 Å². The van der Waals surface area contributed by atoms with Crippen molar-refractivity contribution in [1.82, 2.24) is 10.6 Å². The summed E-state index contributed by atoms with van der Waals surface area (Å²) in [7, 11) is 1.44. The summed E-state index contributed by atoms with van der Waals surface area (Å²) in [4.78, 5) is 34.8. The number of urea groups is 1. The molecule has 2 N–H and O–H groups in total. The van der Waals surface area contributed by atoms with E-state index in [0.29, 0.717) is 22.4 Å². The van der Waals surface area contributed by atoms with Crippen molar-refractivity contribution in [2.24, 2.45) is 0 Å². The zero-order valence-electron chi connectivity index (χ0n) is 14.1. The zero-order valence-corrected chi connectivity index (χ0v) is 14.9. The number of carbonyl (C=O) groups is 3. The van der Waals surface area contributed by atoms with Crippen LogP contribution in [0.1, 0.15) is 16.7 Å². The fourth-order valence-corrected chi connectivity index (χ4v) is 2.96. The third-order valence-corrected chi connectivity index (χ3v) is 4.31. The monoisotopic (exact) mass is 388 g/mol. The molecule has 138 valence electrons. The van der Waals surface area contributed by atoms with E-state index in [0.717, 1.165) is 0 Å². The van der Waals surface area contributed by atoms with E-state index in [1.165, 1.54) is 25.3 Å². The molecule has 1 aliphatic heterocycles. The number of nitrogens with one attached hydrogen (secondary N) is 2. The summed E-state index contributed by atoms with van der Waals surface area (Å²) < 4.78 is 19.3. The standard InChI is InChI=1S/C19H14ClFN2O4/c1-27-16-8-10(6-13-17(24)22-19(26)23-18(13)25)7-14(20)12(16)9-11-4-2-3-5-15(11)21/h2-8H,9H2,1H3,(H2,22,23,24,25,26). The Hall–Kier alpha value is -3.19. The molecule has 1 aliphatic rings. The normalized spacial score (nSPS) is 13.9. The number of methoxy groups -OCH3 is 1. The maximum Gasteiger partial charge on any atom is 0.328 e. The summed E-state index contributed by atoms with van der Waals surface area (Å²) in [5, 5.41) is 4.27. The number of hydrogen-bond acceptors (Lipinski definition) is 4. The summed E-state index contributed by atoms with van der Waals surface area (Å²) in [5.74, 6) is -1.60. The molecule has 1 heterocycles. The minimum atomic E-state index is -0.877. The van der Waals surface area contributed by atoms with Crippen LogP contribution in [0.25, 0.3) is 6.08 Å². The molecule has 0 aliphatic carbocycles. The second-order valence-electron chi connectivity index (χ2n) is 5.75. The second-order valence-corrected chi connectivity index (χ2v) is 6.15. The van der Waals surface area contributed by atoms with Crippen molar-refractivity contribution in [3.05, 3.63) is 69.5 Å². The van der Waals surface area contributed by atoms with E-state index >= 15 is 0 Å². The van der Waals surface area contributed by atoms with Gasteiger partial charge in [-0.15, -0.1) is 0 Å². The Labute approximate surface area is 159 Å². The van der Waals surface area contributed by atoms with Gasteiger partial charge in [0.2, 0.25) is 0 Å². The molecular formula is C19H14ClFN2O4. The molecule has 0 atom stereocenters. The van der Waals surface area contributed by atoms with Crippen LogP contribution in [-0.4, -0.2) is 25.0 Å². The van der Waals surface area contributed by atoms with Crippen molar-refractivity contribution < 1.29 is 23.5 Å². The quantitative estimate of drug-likeness (QED) is 0.623. The van der Waals surface area contributed by atoms with E-state index in [-0.39, 0.29) is 22.8 Å². The molecule has 27 heavy (non-hydrogen) atoms. The predicted octanol–water partition coefficient (Wildman–Crippen LogP) is 2.83. The predicted molar refractivity (Wildman–Crippen MR) is 96.9 cm³/mol. The van der Waals surface area contributed by atoms with Gasteiger partial charge in [0.1, 0.15) is 17.1 Å². The first kappa shape index (κ1) is 18.6. The number of carbonyl (C=O) groups excluding carboxylic acids is 3. The lowest BCUT2D eigenvalue weighted by atomic mass is 10.0. The molecule has 0 saturated carbocycles. The largest absolute Gasteiger partial charge is 0.496 e. The molecule has 3 rings (SSSR count). The van der Waals surface area contributed by atoms with E-state index in [2.05, 4.69) is 0 Å². The van der Waals surface area contributed by atoms with Crippen LogP contribution >= 0.6 is 11.6 Å². The maximum atomic E-state index is 13.9. The van der Waals surface area contributed by atoms with Crippen molar-refractivity contribution in [3.63, 3.8) is 0 Å². The molecule has 2 aromatic rings. The van der Waals surface area contributed by atoms with Crippen LogP contribution in [0.4, 0.5) is 9.18 Å². The van der Waals surface area contributed by atoms with Gasteiger partial charge >= 0.3 is 6.03 Å². The number of halogens is 2. The minimum absolute atomic E-state index is 0.209. The molecule has 0 aromatic heterocycles. The Kier molecular flexibility index (Phi) is 5.23. The lowest BCUT2D eigenvalue weighted by Crippen LogP contribution is -2.51.